The molecule has 3 rings (SSSR count). The van der Waals surface area contributed by atoms with Crippen molar-refractivity contribution in [2.24, 2.45) is 0 Å². The lowest BCUT2D eigenvalue weighted by Gasteiger charge is -2.32. The second-order valence-electron chi connectivity index (χ2n) is 7.64. The van der Waals surface area contributed by atoms with Gasteiger partial charge in [-0.05, 0) is 55.5 Å². The van der Waals surface area contributed by atoms with E-state index in [-0.39, 0.29) is 11.8 Å². The minimum Gasteiger partial charge on any atom is -0.351 e. The smallest absolute Gasteiger partial charge is 0.234 e. The lowest BCUT2D eigenvalue weighted by atomic mass is 9.90. The molecule has 0 spiro atoms. The first kappa shape index (κ1) is 20.1. The van der Waals surface area contributed by atoms with Gasteiger partial charge in [0, 0.05) is 25.7 Å². The maximum Gasteiger partial charge on any atom is 0.234 e. The van der Waals surface area contributed by atoms with Crippen LogP contribution in [0, 0.1) is 6.92 Å². The van der Waals surface area contributed by atoms with Crippen molar-refractivity contribution >= 4 is 17.5 Å². The number of hydrogen-bond donors (Lipinski definition) is 2. The number of nitrogens with zero attached hydrogens (tertiary/aromatic N) is 1. The molecule has 2 aromatic rings. The van der Waals surface area contributed by atoms with E-state index in [2.05, 4.69) is 46.7 Å². The summed E-state index contributed by atoms with van der Waals surface area (Å²) in [6.45, 7) is 6.45. The van der Waals surface area contributed by atoms with Crippen molar-refractivity contribution in [3.63, 3.8) is 0 Å². The second-order valence-corrected chi connectivity index (χ2v) is 7.64. The van der Waals surface area contributed by atoms with Gasteiger partial charge in [-0.2, -0.15) is 0 Å². The van der Waals surface area contributed by atoms with Crippen LogP contribution in [0.25, 0.3) is 0 Å². The summed E-state index contributed by atoms with van der Waals surface area (Å²) in [6.07, 6.45) is 2.30. The first-order valence-corrected chi connectivity index (χ1v) is 9.92. The molecule has 1 aliphatic rings. The zero-order valence-electron chi connectivity index (χ0n) is 16.7. The Kier molecular flexibility index (Phi) is 6.82. The molecule has 1 heterocycles. The van der Waals surface area contributed by atoms with Crippen LogP contribution in [0.2, 0.25) is 0 Å². The Bertz CT molecular complexity index is 817. The van der Waals surface area contributed by atoms with Gasteiger partial charge in [0.15, 0.2) is 0 Å². The summed E-state index contributed by atoms with van der Waals surface area (Å²) in [5.41, 5.74) is 4.44. The number of rotatable bonds is 6. The van der Waals surface area contributed by atoms with Crippen LogP contribution >= 0.6 is 0 Å². The standard InChI is InChI=1S/C23H29N3O2/c1-17-5-3-6-20(13-17)21-7-4-12-26(15-21)16-23(28)24-14-19-8-10-22(11-9-19)25-18(2)27/h3,5-6,8-11,13,21H,4,7,12,14-16H2,1-2H3,(H,24,28)(H,25,27)/t21-/m0/s1. The molecule has 2 amide bonds. The number of carbonyl (C=O) groups excluding carboxylic acids is 2. The third-order valence-corrected chi connectivity index (χ3v) is 5.15. The Balaban J connectivity index is 1.47. The minimum absolute atomic E-state index is 0.0517. The monoisotopic (exact) mass is 379 g/mol. The van der Waals surface area contributed by atoms with E-state index in [9.17, 15) is 9.59 Å². The van der Waals surface area contributed by atoms with Gasteiger partial charge < -0.3 is 10.6 Å². The lowest BCUT2D eigenvalue weighted by Crippen LogP contribution is -2.41. The van der Waals surface area contributed by atoms with Crippen LogP contribution in [-0.2, 0) is 16.1 Å². The maximum absolute atomic E-state index is 12.4. The molecule has 0 radical (unpaired) electrons. The molecule has 1 saturated heterocycles. The number of piperidine rings is 1. The highest BCUT2D eigenvalue weighted by atomic mass is 16.2. The molecule has 5 heteroatoms. The summed E-state index contributed by atoms with van der Waals surface area (Å²) in [7, 11) is 0. The van der Waals surface area contributed by atoms with Crippen LogP contribution in [0.4, 0.5) is 5.69 Å². The van der Waals surface area contributed by atoms with E-state index in [0.717, 1.165) is 30.8 Å². The topological polar surface area (TPSA) is 61.4 Å². The van der Waals surface area contributed by atoms with Crippen LogP contribution in [0.1, 0.15) is 42.4 Å². The summed E-state index contributed by atoms with van der Waals surface area (Å²) < 4.78 is 0. The Morgan fingerprint density at radius 3 is 2.64 bits per heavy atom. The summed E-state index contributed by atoms with van der Waals surface area (Å²) in [5, 5.41) is 5.74. The third-order valence-electron chi connectivity index (χ3n) is 5.15. The van der Waals surface area contributed by atoms with Crippen LogP contribution < -0.4 is 10.6 Å². The molecule has 0 unspecified atom stereocenters. The van der Waals surface area contributed by atoms with Crippen LogP contribution in [0.3, 0.4) is 0 Å². The Labute approximate surface area is 167 Å². The van der Waals surface area contributed by atoms with Crippen molar-refractivity contribution in [3.05, 3.63) is 65.2 Å². The Morgan fingerprint density at radius 1 is 1.14 bits per heavy atom. The van der Waals surface area contributed by atoms with Crippen molar-refractivity contribution in [2.75, 3.05) is 25.0 Å². The highest BCUT2D eigenvalue weighted by molar-refractivity contribution is 5.88. The molecule has 28 heavy (non-hydrogen) atoms. The molecule has 0 saturated carbocycles. The highest BCUT2D eigenvalue weighted by Crippen LogP contribution is 2.27. The highest BCUT2D eigenvalue weighted by Gasteiger charge is 2.22. The largest absolute Gasteiger partial charge is 0.351 e. The predicted molar refractivity (Wildman–Crippen MR) is 112 cm³/mol. The van der Waals surface area contributed by atoms with Crippen molar-refractivity contribution in [2.45, 2.75) is 39.2 Å². The predicted octanol–water partition coefficient (Wildman–Crippen LogP) is 3.45. The van der Waals surface area contributed by atoms with Gasteiger partial charge in [-0.15, -0.1) is 0 Å². The number of benzene rings is 2. The van der Waals surface area contributed by atoms with E-state index in [4.69, 9.17) is 0 Å². The van der Waals surface area contributed by atoms with Gasteiger partial charge in [0.2, 0.25) is 11.8 Å². The number of carbonyl (C=O) groups is 2. The zero-order valence-corrected chi connectivity index (χ0v) is 16.7. The fourth-order valence-electron chi connectivity index (χ4n) is 3.76. The molecule has 0 bridgehead atoms. The Hall–Kier alpha value is -2.66. The maximum atomic E-state index is 12.4. The van der Waals surface area contributed by atoms with E-state index in [1.165, 1.54) is 24.5 Å². The van der Waals surface area contributed by atoms with E-state index < -0.39 is 0 Å². The van der Waals surface area contributed by atoms with E-state index in [1.807, 2.05) is 24.3 Å². The molecule has 0 aromatic heterocycles. The number of amides is 2. The average Bonchev–Trinajstić information content (AvgIpc) is 2.67. The fourth-order valence-corrected chi connectivity index (χ4v) is 3.76. The number of aryl methyl sites for hydroxylation is 1. The average molecular weight is 380 g/mol. The number of likely N-dealkylation sites (tertiary alicyclic amines) is 1. The van der Waals surface area contributed by atoms with Crippen molar-refractivity contribution < 1.29 is 9.59 Å². The number of nitrogens with one attached hydrogen (secondary N) is 2. The summed E-state index contributed by atoms with van der Waals surface area (Å²) >= 11 is 0. The molecule has 1 atom stereocenters. The normalized spacial score (nSPS) is 17.1. The summed E-state index contributed by atoms with van der Waals surface area (Å²) in [4.78, 5) is 25.7. The number of anilines is 1. The third kappa shape index (κ3) is 5.92. The van der Waals surface area contributed by atoms with Gasteiger partial charge in [-0.3, -0.25) is 14.5 Å². The van der Waals surface area contributed by atoms with Crippen LogP contribution in [0.15, 0.2) is 48.5 Å². The van der Waals surface area contributed by atoms with E-state index >= 15 is 0 Å². The first-order valence-electron chi connectivity index (χ1n) is 9.92. The lowest BCUT2D eigenvalue weighted by molar-refractivity contribution is -0.122. The minimum atomic E-state index is -0.0912. The summed E-state index contributed by atoms with van der Waals surface area (Å²) in [5.74, 6) is 0.463. The van der Waals surface area contributed by atoms with Gasteiger partial charge in [-0.25, -0.2) is 0 Å². The van der Waals surface area contributed by atoms with Gasteiger partial charge >= 0.3 is 0 Å². The molecule has 0 aliphatic carbocycles. The quantitative estimate of drug-likeness (QED) is 0.808. The van der Waals surface area contributed by atoms with E-state index in [1.54, 1.807) is 0 Å². The molecular formula is C23H29N3O2. The SMILES string of the molecule is CC(=O)Nc1ccc(CNC(=O)CN2CCC[C@H](c3cccc(C)c3)C2)cc1. The molecule has 148 valence electrons. The van der Waals surface area contributed by atoms with Crippen molar-refractivity contribution in [1.29, 1.82) is 0 Å². The number of hydrogen-bond acceptors (Lipinski definition) is 3. The molecule has 1 aliphatic heterocycles. The summed E-state index contributed by atoms with van der Waals surface area (Å²) in [6, 6.07) is 16.2. The molecule has 5 nitrogen and oxygen atoms in total. The zero-order chi connectivity index (χ0) is 19.9. The van der Waals surface area contributed by atoms with Gasteiger partial charge in [0.25, 0.3) is 0 Å². The van der Waals surface area contributed by atoms with Crippen LogP contribution in [0.5, 0.6) is 0 Å². The second kappa shape index (κ2) is 9.51. The molecule has 2 aromatic carbocycles. The molecular weight excluding hydrogens is 350 g/mol. The van der Waals surface area contributed by atoms with E-state index in [0.29, 0.717) is 19.0 Å². The van der Waals surface area contributed by atoms with Gasteiger partial charge in [0.05, 0.1) is 6.54 Å². The Morgan fingerprint density at radius 2 is 1.93 bits per heavy atom. The molecule has 1 fully saturated rings. The van der Waals surface area contributed by atoms with Gasteiger partial charge in [-0.1, -0.05) is 42.0 Å². The molecule has 2 N–H and O–H groups in total. The van der Waals surface area contributed by atoms with Crippen molar-refractivity contribution in [1.82, 2.24) is 10.2 Å². The van der Waals surface area contributed by atoms with Crippen LogP contribution in [-0.4, -0.2) is 36.3 Å². The van der Waals surface area contributed by atoms with Crippen molar-refractivity contribution in [3.8, 4) is 0 Å². The first-order chi connectivity index (χ1) is 13.5. The van der Waals surface area contributed by atoms with Gasteiger partial charge in [0.1, 0.15) is 0 Å². The fraction of sp³-hybridized carbons (Fsp3) is 0.391.